The Kier molecular flexibility index (Phi) is 4.37. The Hall–Kier alpha value is -0.590. The van der Waals surface area contributed by atoms with E-state index >= 15 is 0 Å². The van der Waals surface area contributed by atoms with E-state index < -0.39 is 0 Å². The van der Waals surface area contributed by atoms with Crippen LogP contribution in [0.25, 0.3) is 0 Å². The number of allylic oxidation sites excluding steroid dienone is 1. The minimum atomic E-state index is 0.539. The zero-order valence-electron chi connectivity index (χ0n) is 9.79. The van der Waals surface area contributed by atoms with Gasteiger partial charge in [0.05, 0.1) is 6.04 Å². The van der Waals surface area contributed by atoms with E-state index in [0.717, 1.165) is 17.4 Å². The van der Waals surface area contributed by atoms with Crippen LogP contribution < -0.4 is 0 Å². The highest BCUT2D eigenvalue weighted by atomic mass is 14.8. The molecule has 1 aliphatic carbocycles. The van der Waals surface area contributed by atoms with Gasteiger partial charge in [-0.3, -0.25) is 4.99 Å². The van der Waals surface area contributed by atoms with Crippen molar-refractivity contribution in [2.75, 3.05) is 0 Å². The average molecular weight is 193 g/mol. The molecule has 1 fully saturated rings. The standard InChI is InChI=1S/C13H23N/c1-10(2)9-14-13-8-6-11(3)5-7-12(13)4/h9,11-13H,1,5-8H2,2-4H3/t11?,12-,13?/m1/s1. The molecule has 2 unspecified atom stereocenters. The predicted octanol–water partition coefficient (Wildman–Crippen LogP) is 3.85. The second-order valence-electron chi connectivity index (χ2n) is 4.93. The Balaban J connectivity index is 2.53. The molecule has 0 saturated heterocycles. The van der Waals surface area contributed by atoms with Crippen molar-refractivity contribution in [2.45, 2.75) is 52.5 Å². The maximum absolute atomic E-state index is 4.63. The third-order valence-corrected chi connectivity index (χ3v) is 3.21. The van der Waals surface area contributed by atoms with Gasteiger partial charge < -0.3 is 0 Å². The molecule has 0 aromatic heterocycles. The summed E-state index contributed by atoms with van der Waals surface area (Å²) < 4.78 is 0. The summed E-state index contributed by atoms with van der Waals surface area (Å²) in [5.74, 6) is 1.64. The van der Waals surface area contributed by atoms with Crippen LogP contribution in [0.1, 0.15) is 46.5 Å². The van der Waals surface area contributed by atoms with Gasteiger partial charge in [-0.05, 0) is 43.6 Å². The van der Waals surface area contributed by atoms with E-state index in [0.29, 0.717) is 6.04 Å². The van der Waals surface area contributed by atoms with Crippen molar-refractivity contribution in [2.24, 2.45) is 16.8 Å². The normalized spacial score (nSPS) is 34.4. The fraction of sp³-hybridized carbons (Fsp3) is 0.769. The third kappa shape index (κ3) is 3.65. The Morgan fingerprint density at radius 1 is 1.21 bits per heavy atom. The van der Waals surface area contributed by atoms with Gasteiger partial charge in [-0.25, -0.2) is 0 Å². The lowest BCUT2D eigenvalue weighted by molar-refractivity contribution is 0.433. The third-order valence-electron chi connectivity index (χ3n) is 3.21. The summed E-state index contributed by atoms with van der Waals surface area (Å²) in [7, 11) is 0. The van der Waals surface area contributed by atoms with E-state index in [-0.39, 0.29) is 0 Å². The molecule has 3 atom stereocenters. The summed E-state index contributed by atoms with van der Waals surface area (Å²) in [5, 5.41) is 0. The zero-order chi connectivity index (χ0) is 10.6. The Bertz CT molecular complexity index is 217. The van der Waals surface area contributed by atoms with E-state index in [2.05, 4.69) is 25.4 Å². The minimum Gasteiger partial charge on any atom is -0.289 e. The summed E-state index contributed by atoms with van der Waals surface area (Å²) in [6.07, 6.45) is 7.24. The van der Waals surface area contributed by atoms with E-state index in [4.69, 9.17) is 0 Å². The topological polar surface area (TPSA) is 12.4 Å². The van der Waals surface area contributed by atoms with E-state index in [1.807, 2.05) is 13.1 Å². The van der Waals surface area contributed by atoms with Crippen LogP contribution in [0.2, 0.25) is 0 Å². The van der Waals surface area contributed by atoms with Crippen molar-refractivity contribution in [3.05, 3.63) is 12.2 Å². The van der Waals surface area contributed by atoms with Gasteiger partial charge in [-0.15, -0.1) is 0 Å². The second-order valence-corrected chi connectivity index (χ2v) is 4.93. The van der Waals surface area contributed by atoms with E-state index in [1.165, 1.54) is 25.7 Å². The van der Waals surface area contributed by atoms with Crippen LogP contribution in [-0.2, 0) is 0 Å². The Morgan fingerprint density at radius 2 is 1.86 bits per heavy atom. The monoisotopic (exact) mass is 193 g/mol. The van der Waals surface area contributed by atoms with Gasteiger partial charge >= 0.3 is 0 Å². The second kappa shape index (κ2) is 5.33. The Labute approximate surface area is 88.3 Å². The molecule has 0 aromatic rings. The highest BCUT2D eigenvalue weighted by Gasteiger charge is 2.21. The number of nitrogens with zero attached hydrogens (tertiary/aromatic N) is 1. The minimum absolute atomic E-state index is 0.539. The van der Waals surface area contributed by atoms with Crippen LogP contribution >= 0.6 is 0 Å². The van der Waals surface area contributed by atoms with Gasteiger partial charge in [0, 0.05) is 6.21 Å². The molecule has 14 heavy (non-hydrogen) atoms. The molecule has 0 N–H and O–H groups in total. The van der Waals surface area contributed by atoms with Gasteiger partial charge in [-0.1, -0.05) is 26.8 Å². The fourth-order valence-electron chi connectivity index (χ4n) is 2.07. The first-order chi connectivity index (χ1) is 6.59. The van der Waals surface area contributed by atoms with Crippen LogP contribution in [0.3, 0.4) is 0 Å². The first-order valence-electron chi connectivity index (χ1n) is 5.78. The zero-order valence-corrected chi connectivity index (χ0v) is 9.79. The molecule has 1 aliphatic rings. The lowest BCUT2D eigenvalue weighted by Gasteiger charge is -2.16. The molecular weight excluding hydrogens is 170 g/mol. The molecule has 0 aliphatic heterocycles. The molecule has 0 bridgehead atoms. The molecule has 1 rings (SSSR count). The summed E-state index contributed by atoms with van der Waals surface area (Å²) >= 11 is 0. The summed E-state index contributed by atoms with van der Waals surface area (Å²) in [6.45, 7) is 10.6. The number of rotatable bonds is 2. The van der Waals surface area contributed by atoms with Crippen LogP contribution in [0, 0.1) is 11.8 Å². The van der Waals surface area contributed by atoms with E-state index in [9.17, 15) is 0 Å². The number of aliphatic imine (C=N–C) groups is 1. The molecule has 0 heterocycles. The smallest absolute Gasteiger partial charge is 0.0525 e. The number of hydrogen-bond donors (Lipinski definition) is 0. The molecule has 80 valence electrons. The van der Waals surface area contributed by atoms with Gasteiger partial charge in [0.25, 0.3) is 0 Å². The molecule has 0 amide bonds. The first-order valence-corrected chi connectivity index (χ1v) is 5.78. The largest absolute Gasteiger partial charge is 0.289 e. The molecule has 1 nitrogen and oxygen atoms in total. The lowest BCUT2D eigenvalue weighted by atomic mass is 9.97. The van der Waals surface area contributed by atoms with Gasteiger partial charge in [-0.2, -0.15) is 0 Å². The predicted molar refractivity (Wildman–Crippen MR) is 63.9 cm³/mol. The number of hydrogen-bond acceptors (Lipinski definition) is 1. The van der Waals surface area contributed by atoms with Crippen LogP contribution in [-0.4, -0.2) is 12.3 Å². The Morgan fingerprint density at radius 3 is 2.50 bits per heavy atom. The molecule has 1 saturated carbocycles. The van der Waals surface area contributed by atoms with Crippen LogP contribution in [0.15, 0.2) is 17.1 Å². The fourth-order valence-corrected chi connectivity index (χ4v) is 2.07. The van der Waals surface area contributed by atoms with Gasteiger partial charge in [0.15, 0.2) is 0 Å². The highest BCUT2D eigenvalue weighted by Crippen LogP contribution is 2.28. The lowest BCUT2D eigenvalue weighted by Crippen LogP contribution is -2.14. The SMILES string of the molecule is C=C(C)C=NC1CCC(C)CC[C@H]1C. The quantitative estimate of drug-likeness (QED) is 0.466. The van der Waals surface area contributed by atoms with Gasteiger partial charge in [0.1, 0.15) is 0 Å². The molecule has 0 radical (unpaired) electrons. The molecular formula is C13H23N. The summed E-state index contributed by atoms with van der Waals surface area (Å²) in [4.78, 5) is 4.63. The average Bonchev–Trinajstić information content (AvgIpc) is 2.27. The van der Waals surface area contributed by atoms with Crippen molar-refractivity contribution in [3.8, 4) is 0 Å². The molecule has 1 heteroatoms. The van der Waals surface area contributed by atoms with Crippen molar-refractivity contribution in [1.29, 1.82) is 0 Å². The van der Waals surface area contributed by atoms with Crippen molar-refractivity contribution >= 4 is 6.21 Å². The maximum atomic E-state index is 4.63. The van der Waals surface area contributed by atoms with Crippen LogP contribution in [0.4, 0.5) is 0 Å². The highest BCUT2D eigenvalue weighted by molar-refractivity contribution is 5.76. The maximum Gasteiger partial charge on any atom is 0.0525 e. The van der Waals surface area contributed by atoms with Crippen LogP contribution in [0.5, 0.6) is 0 Å². The summed E-state index contributed by atoms with van der Waals surface area (Å²) in [5.41, 5.74) is 1.06. The summed E-state index contributed by atoms with van der Waals surface area (Å²) in [6, 6.07) is 0.539. The van der Waals surface area contributed by atoms with Crippen molar-refractivity contribution < 1.29 is 0 Å². The van der Waals surface area contributed by atoms with E-state index in [1.54, 1.807) is 0 Å². The van der Waals surface area contributed by atoms with Crippen molar-refractivity contribution in [1.82, 2.24) is 0 Å². The van der Waals surface area contributed by atoms with Gasteiger partial charge in [0.2, 0.25) is 0 Å². The molecule has 0 spiro atoms. The first kappa shape index (κ1) is 11.5. The molecule has 0 aromatic carbocycles. The van der Waals surface area contributed by atoms with Crippen molar-refractivity contribution in [3.63, 3.8) is 0 Å².